The second-order valence-electron chi connectivity index (χ2n) is 11.1. The van der Waals surface area contributed by atoms with E-state index < -0.39 is 17.8 Å². The lowest BCUT2D eigenvalue weighted by atomic mass is 9.48. The lowest BCUT2D eigenvalue weighted by Crippen LogP contribution is -2.51. The highest BCUT2D eigenvalue weighted by Gasteiger charge is 2.59. The molecule has 3 fully saturated rings. The van der Waals surface area contributed by atoms with Gasteiger partial charge in [0.15, 0.2) is 0 Å². The van der Waals surface area contributed by atoms with Gasteiger partial charge in [0.2, 0.25) is 0 Å². The van der Waals surface area contributed by atoms with Crippen molar-refractivity contribution in [3.05, 3.63) is 52.6 Å². The SMILES string of the molecule is C[C@@]12CC[C@H]3[C@@H](CC=C4C[C@@H](O)CC[C@]43C)[C@H]1C/C(=C\c1ccc(C(F)(F)F)cc1)[C@@H]2O. The Morgan fingerprint density at radius 3 is 2.38 bits per heavy atom. The molecule has 3 saturated carbocycles. The van der Waals surface area contributed by atoms with Crippen LogP contribution in [0.3, 0.4) is 0 Å². The Balaban J connectivity index is 1.42. The molecule has 32 heavy (non-hydrogen) atoms. The number of rotatable bonds is 1. The third-order valence-electron chi connectivity index (χ3n) is 9.54. The van der Waals surface area contributed by atoms with Gasteiger partial charge in [-0.1, -0.05) is 43.7 Å². The van der Waals surface area contributed by atoms with Gasteiger partial charge in [0.1, 0.15) is 0 Å². The Kier molecular flexibility index (Phi) is 5.18. The predicted molar refractivity (Wildman–Crippen MR) is 119 cm³/mol. The fourth-order valence-electron chi connectivity index (χ4n) is 7.62. The van der Waals surface area contributed by atoms with Crippen LogP contribution in [0.2, 0.25) is 0 Å². The number of halogens is 3. The zero-order chi connectivity index (χ0) is 22.9. The lowest BCUT2D eigenvalue weighted by Gasteiger charge is -2.57. The number of hydrogen-bond donors (Lipinski definition) is 2. The summed E-state index contributed by atoms with van der Waals surface area (Å²) in [5.74, 6) is 1.45. The van der Waals surface area contributed by atoms with E-state index in [0.29, 0.717) is 23.3 Å². The van der Waals surface area contributed by atoms with Gasteiger partial charge in [0, 0.05) is 5.41 Å². The van der Waals surface area contributed by atoms with Gasteiger partial charge in [-0.3, -0.25) is 0 Å². The van der Waals surface area contributed by atoms with E-state index in [-0.39, 0.29) is 16.9 Å². The largest absolute Gasteiger partial charge is 0.416 e. The first-order chi connectivity index (χ1) is 15.0. The van der Waals surface area contributed by atoms with Gasteiger partial charge >= 0.3 is 6.18 Å². The van der Waals surface area contributed by atoms with E-state index in [1.807, 2.05) is 6.08 Å². The average molecular weight is 447 g/mol. The molecule has 5 heteroatoms. The van der Waals surface area contributed by atoms with Crippen LogP contribution in [0.5, 0.6) is 0 Å². The van der Waals surface area contributed by atoms with E-state index in [1.165, 1.54) is 17.7 Å². The number of aliphatic hydroxyl groups is 2. The minimum Gasteiger partial charge on any atom is -0.393 e. The van der Waals surface area contributed by atoms with Gasteiger partial charge in [0.05, 0.1) is 17.8 Å². The van der Waals surface area contributed by atoms with Gasteiger partial charge in [0.25, 0.3) is 0 Å². The molecule has 0 unspecified atom stereocenters. The van der Waals surface area contributed by atoms with Crippen LogP contribution in [0, 0.1) is 28.6 Å². The molecule has 0 heterocycles. The lowest BCUT2D eigenvalue weighted by molar-refractivity contribution is -0.137. The van der Waals surface area contributed by atoms with Crippen molar-refractivity contribution in [2.24, 2.45) is 28.6 Å². The molecule has 0 aromatic heterocycles. The van der Waals surface area contributed by atoms with Crippen LogP contribution in [-0.4, -0.2) is 22.4 Å². The zero-order valence-corrected chi connectivity index (χ0v) is 18.8. The number of hydrogen-bond acceptors (Lipinski definition) is 2. The predicted octanol–water partition coefficient (Wildman–Crippen LogP) is 6.38. The van der Waals surface area contributed by atoms with E-state index in [2.05, 4.69) is 19.9 Å². The molecule has 0 radical (unpaired) electrons. The summed E-state index contributed by atoms with van der Waals surface area (Å²) in [7, 11) is 0. The standard InChI is InChI=1S/C27H33F3O2/c1-25-11-9-20(31)15-19(25)7-8-21-22(25)10-12-26(2)23(21)14-17(24(26)32)13-16-3-5-18(6-4-16)27(28,29)30/h3-7,13,20-24,31-32H,8-12,14-15H2,1-2H3/b17-13+/t20-,21+,22-,23+,24-,25+,26+/m0/s1. The van der Waals surface area contributed by atoms with Crippen molar-refractivity contribution in [2.75, 3.05) is 0 Å². The molecule has 0 spiro atoms. The third kappa shape index (κ3) is 3.38. The van der Waals surface area contributed by atoms with Crippen LogP contribution in [0.25, 0.3) is 6.08 Å². The molecule has 174 valence electrons. The van der Waals surface area contributed by atoms with E-state index in [4.69, 9.17) is 0 Å². The molecule has 1 aromatic carbocycles. The molecule has 2 nitrogen and oxygen atoms in total. The molecule has 0 aliphatic heterocycles. The van der Waals surface area contributed by atoms with Crippen molar-refractivity contribution in [3.8, 4) is 0 Å². The number of benzene rings is 1. The van der Waals surface area contributed by atoms with Crippen molar-refractivity contribution in [2.45, 2.75) is 77.2 Å². The number of alkyl halides is 3. The molecule has 4 aliphatic rings. The summed E-state index contributed by atoms with van der Waals surface area (Å²) >= 11 is 0. The molecular weight excluding hydrogens is 413 g/mol. The molecule has 4 aliphatic carbocycles. The molecule has 2 N–H and O–H groups in total. The van der Waals surface area contributed by atoms with Crippen LogP contribution in [0.1, 0.15) is 69.9 Å². The molecule has 1 aromatic rings. The highest BCUT2D eigenvalue weighted by molar-refractivity contribution is 5.56. The van der Waals surface area contributed by atoms with E-state index in [1.54, 1.807) is 0 Å². The minimum absolute atomic E-state index is 0.147. The third-order valence-corrected chi connectivity index (χ3v) is 9.54. The van der Waals surface area contributed by atoms with Crippen molar-refractivity contribution in [3.63, 3.8) is 0 Å². The van der Waals surface area contributed by atoms with Gasteiger partial charge in [-0.15, -0.1) is 0 Å². The quantitative estimate of drug-likeness (QED) is 0.491. The number of aliphatic hydroxyl groups excluding tert-OH is 2. The first-order valence-electron chi connectivity index (χ1n) is 12.0. The molecule has 0 bridgehead atoms. The Labute approximate surface area is 188 Å². The Bertz CT molecular complexity index is 947. The van der Waals surface area contributed by atoms with Crippen LogP contribution >= 0.6 is 0 Å². The summed E-state index contributed by atoms with van der Waals surface area (Å²) in [4.78, 5) is 0. The van der Waals surface area contributed by atoms with E-state index in [0.717, 1.165) is 62.7 Å². The maximum Gasteiger partial charge on any atom is 0.416 e. The zero-order valence-electron chi connectivity index (χ0n) is 18.8. The second kappa shape index (κ2) is 7.46. The van der Waals surface area contributed by atoms with Crippen molar-refractivity contribution in [1.82, 2.24) is 0 Å². The average Bonchev–Trinajstić information content (AvgIpc) is 2.99. The summed E-state index contributed by atoms with van der Waals surface area (Å²) in [6, 6.07) is 5.23. The second-order valence-corrected chi connectivity index (χ2v) is 11.1. The molecule has 5 rings (SSSR count). The summed E-state index contributed by atoms with van der Waals surface area (Å²) in [6.45, 7) is 4.59. The van der Waals surface area contributed by atoms with Crippen LogP contribution in [0.4, 0.5) is 13.2 Å². The Morgan fingerprint density at radius 2 is 1.69 bits per heavy atom. The van der Waals surface area contributed by atoms with Crippen molar-refractivity contribution in [1.29, 1.82) is 0 Å². The molecule has 0 saturated heterocycles. The van der Waals surface area contributed by atoms with Crippen LogP contribution in [0.15, 0.2) is 41.5 Å². The van der Waals surface area contributed by atoms with Gasteiger partial charge in [-0.05, 0) is 91.4 Å². The first-order valence-corrected chi connectivity index (χ1v) is 12.0. The van der Waals surface area contributed by atoms with Crippen LogP contribution in [-0.2, 0) is 6.18 Å². The maximum absolute atomic E-state index is 12.9. The molecular formula is C27H33F3O2. The Hall–Kier alpha value is -1.59. The summed E-state index contributed by atoms with van der Waals surface area (Å²) in [6.07, 6.45) is 5.73. The fraction of sp³-hybridized carbons (Fsp3) is 0.630. The normalized spacial score (nSPS) is 42.8. The summed E-state index contributed by atoms with van der Waals surface area (Å²) < 4.78 is 38.7. The maximum atomic E-state index is 12.9. The number of fused-ring (bicyclic) bond motifs is 5. The first kappa shape index (κ1) is 22.2. The fourth-order valence-corrected chi connectivity index (χ4v) is 7.62. The molecule has 7 atom stereocenters. The summed E-state index contributed by atoms with van der Waals surface area (Å²) in [5.41, 5.74) is 2.41. The number of allylic oxidation sites excluding steroid dienone is 1. The van der Waals surface area contributed by atoms with Crippen LogP contribution < -0.4 is 0 Å². The van der Waals surface area contributed by atoms with Gasteiger partial charge in [-0.25, -0.2) is 0 Å². The monoisotopic (exact) mass is 446 g/mol. The van der Waals surface area contributed by atoms with Gasteiger partial charge < -0.3 is 10.2 Å². The van der Waals surface area contributed by atoms with E-state index >= 15 is 0 Å². The topological polar surface area (TPSA) is 40.5 Å². The van der Waals surface area contributed by atoms with E-state index in [9.17, 15) is 23.4 Å². The smallest absolute Gasteiger partial charge is 0.393 e. The summed E-state index contributed by atoms with van der Waals surface area (Å²) in [5, 5.41) is 21.5. The highest BCUT2D eigenvalue weighted by Crippen LogP contribution is 2.65. The Morgan fingerprint density at radius 1 is 0.969 bits per heavy atom. The highest BCUT2D eigenvalue weighted by atomic mass is 19.4. The minimum atomic E-state index is -4.34. The van der Waals surface area contributed by atoms with Gasteiger partial charge in [-0.2, -0.15) is 13.2 Å². The van der Waals surface area contributed by atoms with Crippen molar-refractivity contribution >= 4 is 6.08 Å². The molecule has 0 amide bonds. The van der Waals surface area contributed by atoms with Crippen molar-refractivity contribution < 1.29 is 23.4 Å².